The van der Waals surface area contributed by atoms with Gasteiger partial charge in [-0.25, -0.2) is 10.1 Å². The Morgan fingerprint density at radius 2 is 0.935 bits per heavy atom. The highest BCUT2D eigenvalue weighted by Gasteiger charge is 2.58. The van der Waals surface area contributed by atoms with Gasteiger partial charge in [0.15, 0.2) is 0 Å². The second-order valence-corrected chi connectivity index (χ2v) is 21.7. The molecule has 10 atom stereocenters. The molecule has 0 spiro atoms. The Balaban J connectivity index is 0.000000158. The molecule has 8 heteroatoms. The highest BCUT2D eigenvalue weighted by molar-refractivity contribution is 9.10. The van der Waals surface area contributed by atoms with Crippen LogP contribution in [-0.2, 0) is 22.5 Å². The number of nitrogens with zero attached hydrogens (tertiary/aromatic N) is 2. The van der Waals surface area contributed by atoms with E-state index in [1.165, 1.54) is 24.0 Å². The first-order valence-electron chi connectivity index (χ1n) is 23.8. The molecule has 2 amide bonds. The van der Waals surface area contributed by atoms with Gasteiger partial charge in [-0.3, -0.25) is 19.3 Å². The van der Waals surface area contributed by atoms with E-state index in [4.69, 9.17) is 9.68 Å². The lowest BCUT2D eigenvalue weighted by molar-refractivity contribution is -0.228. The second-order valence-electron chi connectivity index (χ2n) is 19.9. The molecule has 0 aromatic heterocycles. The molecule has 0 N–H and O–H groups in total. The molecule has 0 radical (unpaired) electrons. The van der Waals surface area contributed by atoms with Crippen molar-refractivity contribution in [3.05, 3.63) is 140 Å². The number of carbonyl (C=O) groups excluding carboxylic acids is 2. The van der Waals surface area contributed by atoms with E-state index in [1.54, 1.807) is 0 Å². The Labute approximate surface area is 386 Å². The predicted octanol–water partition coefficient (Wildman–Crippen LogP) is 13.6. The van der Waals surface area contributed by atoms with E-state index in [0.29, 0.717) is 46.6 Å². The maximum absolute atomic E-state index is 13.7. The van der Waals surface area contributed by atoms with Gasteiger partial charge in [0, 0.05) is 20.1 Å². The summed E-state index contributed by atoms with van der Waals surface area (Å²) in [5, 5.41) is 3.68. The quantitative estimate of drug-likeness (QED) is 0.142. The van der Waals surface area contributed by atoms with Gasteiger partial charge in [-0.15, -0.1) is 0 Å². The van der Waals surface area contributed by atoms with Crippen LogP contribution in [0.5, 0.6) is 0 Å². The number of hydroxylamine groups is 4. The molecule has 328 valence electrons. The van der Waals surface area contributed by atoms with E-state index in [9.17, 15) is 9.59 Å². The van der Waals surface area contributed by atoms with Gasteiger partial charge >= 0.3 is 0 Å². The molecule has 4 saturated carbocycles. The Morgan fingerprint density at radius 1 is 0.548 bits per heavy atom. The highest BCUT2D eigenvalue weighted by atomic mass is 79.9. The molecule has 4 aromatic carbocycles. The molecule has 62 heavy (non-hydrogen) atoms. The van der Waals surface area contributed by atoms with Crippen LogP contribution in [0.25, 0.3) is 0 Å². The molecule has 4 aromatic rings. The number of rotatable bonds is 12. The Hall–Kier alpha value is -3.30. The van der Waals surface area contributed by atoms with Crippen molar-refractivity contribution in [2.45, 2.75) is 140 Å². The molecule has 0 unspecified atom stereocenters. The maximum atomic E-state index is 13.7. The number of fused-ring (bicyclic) bond motifs is 2. The lowest BCUT2D eigenvalue weighted by atomic mass is 9.59. The number of hydrogen-bond acceptors (Lipinski definition) is 4. The number of hydrogen-bond donors (Lipinski definition) is 0. The van der Waals surface area contributed by atoms with Crippen molar-refractivity contribution in [1.82, 2.24) is 10.1 Å². The minimum Gasteiger partial charge on any atom is -0.267 e. The summed E-state index contributed by atoms with van der Waals surface area (Å²) in [5.74, 6) is 3.60. The standard InChI is InChI=1S/2C27H32BrNO2/c2*1-2-3-13-27-17-20-14-22(18-27)24(15-19-7-5-4-6-8-19)25(16-20)29(31-27)26(30)21-9-11-23(28)12-10-21/h2*4-12,20,22,24-25H,2-3,13-18H2,1H3/t2*20-,22-,24+,25-,27+/m11/s1. The van der Waals surface area contributed by atoms with Crippen molar-refractivity contribution in [2.24, 2.45) is 35.5 Å². The molecule has 8 aliphatic rings. The van der Waals surface area contributed by atoms with E-state index in [2.05, 4.69) is 106 Å². The molecular weight excluding hydrogens is 900 g/mol. The number of amides is 2. The maximum Gasteiger partial charge on any atom is 0.277 e. The van der Waals surface area contributed by atoms with E-state index < -0.39 is 0 Å². The molecule has 4 aliphatic carbocycles. The smallest absolute Gasteiger partial charge is 0.267 e. The van der Waals surface area contributed by atoms with Crippen LogP contribution < -0.4 is 0 Å². The van der Waals surface area contributed by atoms with Crippen LogP contribution in [0.15, 0.2) is 118 Å². The topological polar surface area (TPSA) is 59.1 Å². The Morgan fingerprint density at radius 3 is 1.31 bits per heavy atom. The largest absolute Gasteiger partial charge is 0.277 e. The number of carbonyl (C=O) groups is 2. The van der Waals surface area contributed by atoms with Crippen molar-refractivity contribution in [3.63, 3.8) is 0 Å². The van der Waals surface area contributed by atoms with Gasteiger partial charge in [0.25, 0.3) is 11.8 Å². The van der Waals surface area contributed by atoms with Crippen LogP contribution in [0.2, 0.25) is 0 Å². The van der Waals surface area contributed by atoms with Gasteiger partial charge in [-0.2, -0.15) is 0 Å². The third-order valence-electron chi connectivity index (χ3n) is 15.6. The van der Waals surface area contributed by atoms with Crippen molar-refractivity contribution in [1.29, 1.82) is 0 Å². The predicted molar refractivity (Wildman–Crippen MR) is 253 cm³/mol. The Bertz CT molecular complexity index is 1980. The van der Waals surface area contributed by atoms with Crippen molar-refractivity contribution >= 4 is 43.7 Å². The molecule has 4 heterocycles. The van der Waals surface area contributed by atoms with Gasteiger partial charge in [-0.05, 0) is 172 Å². The fourth-order valence-electron chi connectivity index (χ4n) is 13.0. The zero-order valence-corrected chi connectivity index (χ0v) is 39.8. The lowest BCUT2D eigenvalue weighted by Crippen LogP contribution is -2.48. The zero-order chi connectivity index (χ0) is 42.8. The average molecular weight is 965 g/mol. The second kappa shape index (κ2) is 19.0. The molecule has 4 saturated heterocycles. The summed E-state index contributed by atoms with van der Waals surface area (Å²) >= 11 is 6.98. The first-order chi connectivity index (χ1) is 30.1. The molecule has 8 bridgehead atoms. The molecule has 6 nitrogen and oxygen atoms in total. The summed E-state index contributed by atoms with van der Waals surface area (Å²) in [5.41, 5.74) is 3.84. The summed E-state index contributed by atoms with van der Waals surface area (Å²) in [7, 11) is 0. The summed E-state index contributed by atoms with van der Waals surface area (Å²) in [6.45, 7) is 4.49. The third kappa shape index (κ3) is 9.41. The molecular formula is C54H64Br2N2O4. The minimum atomic E-state index is -0.172. The van der Waals surface area contributed by atoms with Gasteiger partial charge in [0.05, 0.1) is 23.3 Å². The van der Waals surface area contributed by atoms with E-state index in [-0.39, 0.29) is 35.1 Å². The first kappa shape index (κ1) is 43.9. The average Bonchev–Trinajstić information content (AvgIpc) is 3.56. The molecule has 12 rings (SSSR count). The number of unbranched alkanes of at least 4 members (excludes halogenated alkanes) is 2. The minimum absolute atomic E-state index is 0.0274. The summed E-state index contributed by atoms with van der Waals surface area (Å²) < 4.78 is 1.98. The van der Waals surface area contributed by atoms with Gasteiger partial charge in [-0.1, -0.05) is 132 Å². The summed E-state index contributed by atoms with van der Waals surface area (Å²) in [4.78, 5) is 41.1. The lowest BCUT2D eigenvalue weighted by Gasteiger charge is -2.46. The highest BCUT2D eigenvalue weighted by Crippen LogP contribution is 2.57. The monoisotopic (exact) mass is 962 g/mol. The first-order valence-corrected chi connectivity index (χ1v) is 25.4. The summed E-state index contributed by atoms with van der Waals surface area (Å²) in [6, 6.07) is 37.4. The number of halogens is 2. The Kier molecular flexibility index (Phi) is 13.5. The molecule has 4 aliphatic heterocycles. The van der Waals surface area contributed by atoms with Crippen molar-refractivity contribution in [3.8, 4) is 0 Å². The van der Waals surface area contributed by atoms with Crippen LogP contribution in [0.1, 0.15) is 136 Å². The fraction of sp³-hybridized carbons (Fsp3) is 0.519. The van der Waals surface area contributed by atoms with Crippen LogP contribution in [0.3, 0.4) is 0 Å². The molecule has 8 fully saturated rings. The third-order valence-corrected chi connectivity index (χ3v) is 16.6. The summed E-state index contributed by atoms with van der Waals surface area (Å²) in [6.07, 6.45) is 18.0. The van der Waals surface area contributed by atoms with Crippen LogP contribution in [0, 0.1) is 35.5 Å². The van der Waals surface area contributed by atoms with Crippen LogP contribution in [-0.4, -0.2) is 45.2 Å². The van der Waals surface area contributed by atoms with Gasteiger partial charge < -0.3 is 0 Å². The van der Waals surface area contributed by atoms with E-state index in [0.717, 1.165) is 98.8 Å². The zero-order valence-electron chi connectivity index (χ0n) is 36.6. The van der Waals surface area contributed by atoms with Crippen LogP contribution >= 0.6 is 31.9 Å². The van der Waals surface area contributed by atoms with E-state index >= 15 is 0 Å². The van der Waals surface area contributed by atoms with Gasteiger partial charge in [0.2, 0.25) is 0 Å². The van der Waals surface area contributed by atoms with Gasteiger partial charge in [0.1, 0.15) is 0 Å². The normalized spacial score (nSPS) is 31.6. The van der Waals surface area contributed by atoms with E-state index in [1.807, 2.05) is 58.7 Å². The fourth-order valence-corrected chi connectivity index (χ4v) is 13.5. The van der Waals surface area contributed by atoms with Crippen molar-refractivity contribution in [2.75, 3.05) is 0 Å². The number of benzene rings is 4. The van der Waals surface area contributed by atoms with Crippen LogP contribution in [0.4, 0.5) is 0 Å². The van der Waals surface area contributed by atoms with Crippen molar-refractivity contribution < 1.29 is 19.3 Å². The SMILES string of the molecule is CCCC[C@]12C[C@@H]3C[C@H](C1)[C@H](Cc1ccccc1)[C@@H](C3)N(C(=O)c1ccc(Br)cc1)O2.CCCC[C@]12C[C@@H]3C[C@H](C1)[C@H](Cc1ccccc1)[C@@H](C3)N(C(=O)c1ccc(Br)cc1)O2.